The standard InChI is InChI=1S/C29H30N4O4/c1-16(36-23-14-15-30-28-20(23)11-13-24(34)32-28)10-12-22-17(2)25-26(27(25)37-22)33-29(35)31-21-9-5-7-18-6-3-4-8-19(18)21/h3-4,6,8,10,12,14-15,21,25-27H,2,5,7,9,11,13H2,1H3,(H,30,32,34)(H2,31,33,35)/b16-10+,22-12+/t21-,25-,26-,27-/m0/s1. The number of ether oxygens (including phenoxy) is 2. The number of carbonyl (C=O) groups excluding carboxylic acids is 2. The zero-order chi connectivity index (χ0) is 25.5. The molecule has 4 aliphatic rings. The van der Waals surface area contributed by atoms with E-state index in [0.717, 1.165) is 30.4 Å². The molecule has 2 aliphatic carbocycles. The molecule has 6 rings (SSSR count). The van der Waals surface area contributed by atoms with Gasteiger partial charge < -0.3 is 25.4 Å². The van der Waals surface area contributed by atoms with Crippen LogP contribution >= 0.6 is 0 Å². The average molecular weight is 499 g/mol. The summed E-state index contributed by atoms with van der Waals surface area (Å²) in [5.74, 6) is 2.68. The van der Waals surface area contributed by atoms with E-state index in [1.165, 1.54) is 11.1 Å². The SMILES string of the molecule is C=C1/C(=C\C=C(/C)Oc2ccnc3c2CCC(=O)N3)O[C@@H]2[C@@H](NC(=O)N[C@H]3CCCc4ccccc43)[C@H]12. The Hall–Kier alpha value is -4.07. The Kier molecular flexibility index (Phi) is 5.94. The zero-order valence-corrected chi connectivity index (χ0v) is 20.8. The number of nitrogens with one attached hydrogen (secondary N) is 3. The van der Waals surface area contributed by atoms with Crippen LogP contribution in [0.3, 0.4) is 0 Å². The number of hydrogen-bond acceptors (Lipinski definition) is 5. The fraction of sp³-hybridized carbons (Fsp3) is 0.345. The molecule has 37 heavy (non-hydrogen) atoms. The van der Waals surface area contributed by atoms with Gasteiger partial charge in [0.05, 0.1) is 18.0 Å². The third kappa shape index (κ3) is 4.59. The molecule has 4 atom stereocenters. The molecule has 8 heteroatoms. The first kappa shape index (κ1) is 23.3. The van der Waals surface area contributed by atoms with E-state index in [-0.39, 0.29) is 36.0 Å². The topological polar surface area (TPSA) is 102 Å². The average Bonchev–Trinajstić information content (AvgIpc) is 3.45. The van der Waals surface area contributed by atoms with Gasteiger partial charge in [0.15, 0.2) is 0 Å². The van der Waals surface area contributed by atoms with Crippen molar-refractivity contribution in [1.82, 2.24) is 15.6 Å². The van der Waals surface area contributed by atoms with Gasteiger partial charge in [-0.15, -0.1) is 0 Å². The van der Waals surface area contributed by atoms with E-state index in [0.29, 0.717) is 35.9 Å². The second-order valence-corrected chi connectivity index (χ2v) is 10.0. The fourth-order valence-electron chi connectivity index (χ4n) is 5.56. The molecule has 1 aromatic heterocycles. The van der Waals surface area contributed by atoms with Crippen molar-refractivity contribution in [1.29, 1.82) is 0 Å². The van der Waals surface area contributed by atoms with Crippen LogP contribution in [0.5, 0.6) is 5.75 Å². The minimum absolute atomic E-state index is 0.0331. The highest BCUT2D eigenvalue weighted by molar-refractivity contribution is 5.93. The lowest BCUT2D eigenvalue weighted by atomic mass is 9.88. The molecule has 1 aromatic carbocycles. The molecule has 0 bridgehead atoms. The van der Waals surface area contributed by atoms with Gasteiger partial charge in [0.2, 0.25) is 5.91 Å². The van der Waals surface area contributed by atoms with Crippen molar-refractivity contribution < 1.29 is 19.1 Å². The molecular weight excluding hydrogens is 468 g/mol. The van der Waals surface area contributed by atoms with Crippen molar-refractivity contribution in [2.45, 2.75) is 57.2 Å². The predicted octanol–water partition coefficient (Wildman–Crippen LogP) is 4.46. The summed E-state index contributed by atoms with van der Waals surface area (Å²) in [6.45, 7) is 6.07. The van der Waals surface area contributed by atoms with Crippen LogP contribution in [0, 0.1) is 5.92 Å². The molecule has 190 valence electrons. The molecule has 2 aliphatic heterocycles. The molecule has 0 radical (unpaired) electrons. The minimum Gasteiger partial charge on any atom is -0.487 e. The quantitative estimate of drug-likeness (QED) is 0.529. The molecule has 2 aromatic rings. The molecule has 0 spiro atoms. The number of fused-ring (bicyclic) bond motifs is 3. The maximum Gasteiger partial charge on any atom is 0.315 e. The van der Waals surface area contributed by atoms with Crippen molar-refractivity contribution >= 4 is 17.8 Å². The number of benzene rings is 1. The first-order valence-electron chi connectivity index (χ1n) is 12.8. The van der Waals surface area contributed by atoms with E-state index in [2.05, 4.69) is 45.7 Å². The van der Waals surface area contributed by atoms with E-state index in [4.69, 9.17) is 9.47 Å². The third-order valence-electron chi connectivity index (χ3n) is 7.52. The molecule has 1 saturated carbocycles. The van der Waals surface area contributed by atoms with Gasteiger partial charge in [-0.3, -0.25) is 4.79 Å². The Morgan fingerprint density at radius 2 is 2.08 bits per heavy atom. The number of hydrogen-bond donors (Lipinski definition) is 3. The van der Waals surface area contributed by atoms with Gasteiger partial charge in [0, 0.05) is 18.2 Å². The van der Waals surface area contributed by atoms with Crippen LogP contribution in [0.25, 0.3) is 0 Å². The van der Waals surface area contributed by atoms with Gasteiger partial charge in [-0.25, -0.2) is 9.78 Å². The summed E-state index contributed by atoms with van der Waals surface area (Å²) >= 11 is 0. The maximum atomic E-state index is 12.7. The van der Waals surface area contributed by atoms with Crippen LogP contribution in [-0.2, 0) is 22.4 Å². The lowest BCUT2D eigenvalue weighted by Crippen LogP contribution is -2.41. The lowest BCUT2D eigenvalue weighted by molar-refractivity contribution is -0.116. The Bertz CT molecular complexity index is 1350. The van der Waals surface area contributed by atoms with Gasteiger partial charge >= 0.3 is 6.03 Å². The van der Waals surface area contributed by atoms with E-state index >= 15 is 0 Å². The van der Waals surface area contributed by atoms with Crippen LogP contribution in [0.1, 0.15) is 48.9 Å². The Morgan fingerprint density at radius 1 is 1.22 bits per heavy atom. The number of pyridine rings is 1. The van der Waals surface area contributed by atoms with Crippen LogP contribution < -0.4 is 20.7 Å². The maximum absolute atomic E-state index is 12.7. The van der Waals surface area contributed by atoms with Gasteiger partial charge in [-0.2, -0.15) is 0 Å². The number of anilines is 1. The number of aromatic nitrogens is 1. The number of amides is 3. The van der Waals surface area contributed by atoms with Gasteiger partial charge in [0.1, 0.15) is 29.2 Å². The molecule has 3 heterocycles. The van der Waals surface area contributed by atoms with Gasteiger partial charge in [-0.05, 0) is 67.5 Å². The van der Waals surface area contributed by atoms with E-state index in [1.807, 2.05) is 25.1 Å². The lowest BCUT2D eigenvalue weighted by Gasteiger charge is -2.26. The summed E-state index contributed by atoms with van der Waals surface area (Å²) in [7, 11) is 0. The number of carbonyl (C=O) groups is 2. The summed E-state index contributed by atoms with van der Waals surface area (Å²) in [6.07, 6.45) is 9.32. The van der Waals surface area contributed by atoms with Crippen molar-refractivity contribution in [2.75, 3.05) is 5.32 Å². The smallest absolute Gasteiger partial charge is 0.315 e. The van der Waals surface area contributed by atoms with Crippen LogP contribution in [0.2, 0.25) is 0 Å². The number of urea groups is 1. The first-order valence-corrected chi connectivity index (χ1v) is 12.8. The van der Waals surface area contributed by atoms with Crippen molar-refractivity contribution in [3.05, 3.63) is 89.0 Å². The van der Waals surface area contributed by atoms with Crippen LogP contribution in [0.4, 0.5) is 10.6 Å². The number of nitrogens with zero attached hydrogens (tertiary/aromatic N) is 1. The molecule has 2 fully saturated rings. The highest BCUT2D eigenvalue weighted by Gasteiger charge is 2.60. The monoisotopic (exact) mass is 498 g/mol. The normalized spacial score (nSPS) is 26.8. The molecule has 8 nitrogen and oxygen atoms in total. The van der Waals surface area contributed by atoms with Crippen molar-refractivity contribution in [2.24, 2.45) is 5.92 Å². The Balaban J connectivity index is 1.04. The fourth-order valence-corrected chi connectivity index (χ4v) is 5.56. The molecule has 1 saturated heterocycles. The van der Waals surface area contributed by atoms with E-state index in [1.54, 1.807) is 12.3 Å². The Morgan fingerprint density at radius 3 is 2.92 bits per heavy atom. The van der Waals surface area contributed by atoms with Crippen LogP contribution in [-0.4, -0.2) is 29.1 Å². The minimum atomic E-state index is -0.163. The predicted molar refractivity (Wildman–Crippen MR) is 139 cm³/mol. The van der Waals surface area contributed by atoms with Gasteiger partial charge in [0.25, 0.3) is 0 Å². The van der Waals surface area contributed by atoms with Crippen molar-refractivity contribution in [3.8, 4) is 5.75 Å². The highest BCUT2D eigenvalue weighted by atomic mass is 16.5. The Labute approximate surface area is 215 Å². The third-order valence-corrected chi connectivity index (χ3v) is 7.52. The van der Waals surface area contributed by atoms with Crippen LogP contribution in [0.15, 0.2) is 72.4 Å². The summed E-state index contributed by atoms with van der Waals surface area (Å²) < 4.78 is 12.1. The zero-order valence-electron chi connectivity index (χ0n) is 20.8. The van der Waals surface area contributed by atoms with E-state index < -0.39 is 0 Å². The number of rotatable bonds is 5. The second-order valence-electron chi connectivity index (χ2n) is 10.0. The number of aryl methyl sites for hydroxylation is 1. The van der Waals surface area contributed by atoms with Crippen molar-refractivity contribution in [3.63, 3.8) is 0 Å². The largest absolute Gasteiger partial charge is 0.487 e. The second kappa shape index (κ2) is 9.42. The summed E-state index contributed by atoms with van der Waals surface area (Å²) in [5.41, 5.74) is 4.31. The summed E-state index contributed by atoms with van der Waals surface area (Å²) in [6, 6.07) is 9.94. The van der Waals surface area contributed by atoms with Gasteiger partial charge in [-0.1, -0.05) is 30.8 Å². The summed E-state index contributed by atoms with van der Waals surface area (Å²) in [5, 5.41) is 9.00. The molecule has 0 unspecified atom stereocenters. The number of allylic oxidation sites excluding steroid dienone is 4. The molecule has 3 amide bonds. The molecular formula is C29H30N4O4. The van der Waals surface area contributed by atoms with E-state index in [9.17, 15) is 9.59 Å². The summed E-state index contributed by atoms with van der Waals surface area (Å²) in [4.78, 5) is 28.6. The first-order chi connectivity index (χ1) is 18.0. The highest BCUT2D eigenvalue weighted by Crippen LogP contribution is 2.50. The molecule has 3 N–H and O–H groups in total.